The average molecular weight is 422 g/mol. The van der Waals surface area contributed by atoms with Crippen LogP contribution in [-0.2, 0) is 15.1 Å². The molecule has 1 N–H and O–H groups in total. The number of halogens is 1. The van der Waals surface area contributed by atoms with Crippen LogP contribution in [0.1, 0.15) is 38.3 Å². The summed E-state index contributed by atoms with van der Waals surface area (Å²) >= 11 is 0. The first kappa shape index (κ1) is 25.0. The van der Waals surface area contributed by atoms with Crippen LogP contribution in [-0.4, -0.2) is 48.8 Å². The Balaban J connectivity index is 0.00000420. The second kappa shape index (κ2) is 12.5. The first-order valence-corrected chi connectivity index (χ1v) is 9.97. The third kappa shape index (κ3) is 6.46. The second-order valence-corrected chi connectivity index (χ2v) is 6.61. The van der Waals surface area contributed by atoms with Gasteiger partial charge < -0.3 is 19.5 Å². The summed E-state index contributed by atoms with van der Waals surface area (Å²) in [4.78, 5) is 15.1. The number of hydrogen-bond donors (Lipinski definition) is 1. The summed E-state index contributed by atoms with van der Waals surface area (Å²) in [6, 6.07) is 15.8. The number of likely N-dealkylation sites (N-methyl/N-ethyl adjacent to an activating group) is 1. The predicted octanol–water partition coefficient (Wildman–Crippen LogP) is 4.02. The van der Waals surface area contributed by atoms with E-state index in [2.05, 4.69) is 18.7 Å². The molecule has 0 aliphatic carbocycles. The smallest absolute Gasteiger partial charge is 0.347 e. The molecule has 29 heavy (non-hydrogen) atoms. The van der Waals surface area contributed by atoms with Crippen LogP contribution < -0.4 is 4.74 Å². The summed E-state index contributed by atoms with van der Waals surface area (Å²) in [5.74, 6) is 0.0315. The van der Waals surface area contributed by atoms with E-state index in [-0.39, 0.29) is 19.0 Å². The highest BCUT2D eigenvalue weighted by Gasteiger charge is 2.41. The fraction of sp³-hybridized carbons (Fsp3) is 0.435. The fourth-order valence-electron chi connectivity index (χ4n) is 3.01. The van der Waals surface area contributed by atoms with Crippen molar-refractivity contribution in [2.75, 3.05) is 32.8 Å². The number of rotatable bonds is 11. The third-order valence-electron chi connectivity index (χ3n) is 4.77. The minimum absolute atomic E-state index is 0. The van der Waals surface area contributed by atoms with Crippen molar-refractivity contribution in [2.24, 2.45) is 0 Å². The van der Waals surface area contributed by atoms with Crippen LogP contribution in [0.25, 0.3) is 0 Å². The van der Waals surface area contributed by atoms with E-state index in [9.17, 15) is 9.90 Å². The van der Waals surface area contributed by atoms with Crippen LogP contribution in [0.2, 0.25) is 0 Å². The van der Waals surface area contributed by atoms with Crippen LogP contribution in [0.15, 0.2) is 54.6 Å². The molecule has 2 aromatic carbocycles. The molecule has 0 bridgehead atoms. The van der Waals surface area contributed by atoms with Gasteiger partial charge in [0.1, 0.15) is 12.4 Å². The standard InChI is InChI=1S/C23H31NO4.ClH/c1-4-17-27-21-14-12-20(13-15-21)23(26,19-10-8-7-9-11-19)22(25)28-18-16-24(5-2)6-3;/h7-15,26H,4-6,16-18H2,1-3H3;1H. The molecule has 6 heteroatoms. The quantitative estimate of drug-likeness (QED) is 0.555. The maximum Gasteiger partial charge on any atom is 0.347 e. The fourth-order valence-corrected chi connectivity index (χ4v) is 3.01. The summed E-state index contributed by atoms with van der Waals surface area (Å²) in [7, 11) is 0. The first-order chi connectivity index (χ1) is 13.6. The number of carbonyl (C=O) groups is 1. The van der Waals surface area contributed by atoms with E-state index in [1.54, 1.807) is 48.5 Å². The van der Waals surface area contributed by atoms with E-state index in [1.807, 2.05) is 13.0 Å². The summed E-state index contributed by atoms with van der Waals surface area (Å²) in [6.07, 6.45) is 0.911. The molecule has 0 aliphatic rings. The van der Waals surface area contributed by atoms with Gasteiger partial charge in [0.05, 0.1) is 6.61 Å². The van der Waals surface area contributed by atoms with Crippen LogP contribution >= 0.6 is 12.4 Å². The number of hydrogen-bond acceptors (Lipinski definition) is 5. The predicted molar refractivity (Wildman–Crippen MR) is 118 cm³/mol. The molecule has 0 saturated heterocycles. The summed E-state index contributed by atoms with van der Waals surface area (Å²) in [6.45, 7) is 9.42. The van der Waals surface area contributed by atoms with Crippen molar-refractivity contribution in [2.45, 2.75) is 32.8 Å². The maximum absolute atomic E-state index is 13.0. The molecule has 0 aromatic heterocycles. The lowest BCUT2D eigenvalue weighted by Gasteiger charge is -2.28. The minimum atomic E-state index is -1.87. The van der Waals surface area contributed by atoms with Gasteiger partial charge in [-0.25, -0.2) is 4.79 Å². The Bertz CT molecular complexity index is 719. The molecule has 0 fully saturated rings. The van der Waals surface area contributed by atoms with Crippen molar-refractivity contribution in [1.82, 2.24) is 4.90 Å². The Morgan fingerprint density at radius 1 is 0.931 bits per heavy atom. The highest BCUT2D eigenvalue weighted by Crippen LogP contribution is 2.32. The molecular weight excluding hydrogens is 390 g/mol. The molecule has 2 aromatic rings. The number of esters is 1. The molecule has 0 spiro atoms. The number of ether oxygens (including phenoxy) is 2. The van der Waals surface area contributed by atoms with Crippen molar-refractivity contribution in [3.05, 3.63) is 65.7 Å². The van der Waals surface area contributed by atoms with Gasteiger partial charge >= 0.3 is 5.97 Å². The van der Waals surface area contributed by atoms with E-state index >= 15 is 0 Å². The van der Waals surface area contributed by atoms with E-state index < -0.39 is 11.6 Å². The topological polar surface area (TPSA) is 59.0 Å². The van der Waals surface area contributed by atoms with Crippen molar-refractivity contribution < 1.29 is 19.4 Å². The molecule has 0 aliphatic heterocycles. The second-order valence-electron chi connectivity index (χ2n) is 6.61. The largest absolute Gasteiger partial charge is 0.494 e. The monoisotopic (exact) mass is 421 g/mol. The van der Waals surface area contributed by atoms with Gasteiger partial charge in [0.25, 0.3) is 0 Å². The van der Waals surface area contributed by atoms with Gasteiger partial charge in [-0.3, -0.25) is 0 Å². The molecule has 160 valence electrons. The van der Waals surface area contributed by atoms with E-state index in [4.69, 9.17) is 9.47 Å². The van der Waals surface area contributed by atoms with Gasteiger partial charge in [0, 0.05) is 6.54 Å². The average Bonchev–Trinajstić information content (AvgIpc) is 2.75. The van der Waals surface area contributed by atoms with Crippen LogP contribution in [0.4, 0.5) is 0 Å². The Hall–Kier alpha value is -2.08. The normalized spacial score (nSPS) is 12.7. The SMILES string of the molecule is CCCOc1ccc(C(O)(C(=O)OCCN(CC)CC)c2ccccc2)cc1.Cl. The van der Waals surface area contributed by atoms with E-state index in [0.29, 0.717) is 30.0 Å². The zero-order valence-electron chi connectivity index (χ0n) is 17.5. The van der Waals surface area contributed by atoms with Gasteiger partial charge in [-0.05, 0) is 42.8 Å². The highest BCUT2D eigenvalue weighted by molar-refractivity contribution is 5.85. The number of nitrogens with zero attached hydrogens (tertiary/aromatic N) is 1. The van der Waals surface area contributed by atoms with Gasteiger partial charge in [-0.15, -0.1) is 12.4 Å². The van der Waals surface area contributed by atoms with E-state index in [1.165, 1.54) is 0 Å². The van der Waals surface area contributed by atoms with Crippen LogP contribution in [0, 0.1) is 0 Å². The zero-order chi connectivity index (χ0) is 20.4. The van der Waals surface area contributed by atoms with Gasteiger partial charge in [-0.2, -0.15) is 0 Å². The third-order valence-corrected chi connectivity index (χ3v) is 4.77. The van der Waals surface area contributed by atoms with Crippen molar-refractivity contribution in [3.8, 4) is 5.75 Å². The lowest BCUT2D eigenvalue weighted by atomic mass is 9.86. The van der Waals surface area contributed by atoms with Gasteiger partial charge in [-0.1, -0.05) is 63.2 Å². The highest BCUT2D eigenvalue weighted by atomic mass is 35.5. The molecule has 0 amide bonds. The Morgan fingerprint density at radius 2 is 1.52 bits per heavy atom. The molecule has 1 atom stereocenters. The number of carbonyl (C=O) groups excluding carboxylic acids is 1. The Labute approximate surface area is 180 Å². The minimum Gasteiger partial charge on any atom is -0.494 e. The molecule has 5 nitrogen and oxygen atoms in total. The summed E-state index contributed by atoms with van der Waals surface area (Å²) in [5, 5.41) is 11.4. The maximum atomic E-state index is 13.0. The van der Waals surface area contributed by atoms with Crippen molar-refractivity contribution in [1.29, 1.82) is 0 Å². The molecule has 0 saturated carbocycles. The molecule has 0 radical (unpaired) electrons. The number of benzene rings is 2. The first-order valence-electron chi connectivity index (χ1n) is 9.97. The number of aliphatic hydroxyl groups is 1. The van der Waals surface area contributed by atoms with Crippen LogP contribution in [0.5, 0.6) is 5.75 Å². The Morgan fingerprint density at radius 3 is 2.07 bits per heavy atom. The summed E-state index contributed by atoms with van der Waals surface area (Å²) < 4.78 is 11.1. The van der Waals surface area contributed by atoms with E-state index in [0.717, 1.165) is 19.5 Å². The molecule has 0 heterocycles. The zero-order valence-corrected chi connectivity index (χ0v) is 18.3. The summed E-state index contributed by atoms with van der Waals surface area (Å²) in [5.41, 5.74) is -0.936. The van der Waals surface area contributed by atoms with Crippen molar-refractivity contribution in [3.63, 3.8) is 0 Å². The lowest BCUT2D eigenvalue weighted by Crippen LogP contribution is -2.40. The molecule has 1 unspecified atom stereocenters. The lowest BCUT2D eigenvalue weighted by molar-refractivity contribution is -0.162. The Kier molecular flexibility index (Phi) is 10.7. The van der Waals surface area contributed by atoms with Crippen molar-refractivity contribution >= 4 is 18.4 Å². The van der Waals surface area contributed by atoms with Gasteiger partial charge in [0.15, 0.2) is 0 Å². The molecular formula is C23H32ClNO4. The van der Waals surface area contributed by atoms with Crippen LogP contribution in [0.3, 0.4) is 0 Å². The molecule has 2 rings (SSSR count). The van der Waals surface area contributed by atoms with Gasteiger partial charge in [0.2, 0.25) is 5.60 Å².